The molecule has 110 valence electrons. The van der Waals surface area contributed by atoms with Crippen LogP contribution in [0.15, 0.2) is 36.4 Å². The first-order chi connectivity index (χ1) is 9.88. The van der Waals surface area contributed by atoms with Gasteiger partial charge in [-0.15, -0.1) is 0 Å². The van der Waals surface area contributed by atoms with Crippen molar-refractivity contribution in [2.24, 2.45) is 0 Å². The van der Waals surface area contributed by atoms with Crippen LogP contribution in [0.25, 0.3) is 0 Å². The zero-order chi connectivity index (χ0) is 15.6. The van der Waals surface area contributed by atoms with Crippen molar-refractivity contribution in [3.05, 3.63) is 67.1 Å². The Bertz CT molecular complexity index is 692. The Morgan fingerprint density at radius 1 is 1.10 bits per heavy atom. The third kappa shape index (κ3) is 3.79. The highest BCUT2D eigenvalue weighted by molar-refractivity contribution is 6.34. The first kappa shape index (κ1) is 15.9. The van der Waals surface area contributed by atoms with E-state index in [9.17, 15) is 10.1 Å². The molecule has 0 aliphatic carbocycles. The van der Waals surface area contributed by atoms with Gasteiger partial charge in [-0.25, -0.2) is 0 Å². The fourth-order valence-corrected chi connectivity index (χ4v) is 2.53. The summed E-state index contributed by atoms with van der Waals surface area (Å²) in [6.45, 7) is 1.87. The summed E-state index contributed by atoms with van der Waals surface area (Å²) < 4.78 is 0. The second-order valence-electron chi connectivity index (χ2n) is 4.45. The van der Waals surface area contributed by atoms with Crippen molar-refractivity contribution >= 4 is 46.2 Å². The second kappa shape index (κ2) is 6.52. The summed E-state index contributed by atoms with van der Waals surface area (Å²) in [6, 6.07) is 9.14. The average molecular weight is 346 g/mol. The molecular weight excluding hydrogens is 335 g/mol. The van der Waals surface area contributed by atoms with Gasteiger partial charge in [0.1, 0.15) is 0 Å². The third-order valence-corrected chi connectivity index (χ3v) is 3.87. The van der Waals surface area contributed by atoms with Crippen molar-refractivity contribution < 1.29 is 4.92 Å². The van der Waals surface area contributed by atoms with E-state index in [4.69, 9.17) is 34.8 Å². The zero-order valence-electron chi connectivity index (χ0n) is 10.9. The number of nitrogens with zero attached hydrogens (tertiary/aromatic N) is 1. The SMILES string of the molecule is CC(Nc1cc([N+](=O)[O-])ccc1Cl)c1cc(Cl)ccc1Cl. The summed E-state index contributed by atoms with van der Waals surface area (Å²) >= 11 is 18.2. The van der Waals surface area contributed by atoms with E-state index in [1.165, 1.54) is 18.2 Å². The lowest BCUT2D eigenvalue weighted by Crippen LogP contribution is -2.08. The van der Waals surface area contributed by atoms with Gasteiger partial charge in [-0.2, -0.15) is 0 Å². The van der Waals surface area contributed by atoms with E-state index in [0.29, 0.717) is 20.8 Å². The van der Waals surface area contributed by atoms with Gasteiger partial charge in [0.05, 0.1) is 21.7 Å². The maximum absolute atomic E-state index is 10.8. The number of anilines is 1. The lowest BCUT2D eigenvalue weighted by atomic mass is 10.1. The van der Waals surface area contributed by atoms with Crippen molar-refractivity contribution in [2.75, 3.05) is 5.32 Å². The number of benzene rings is 2. The van der Waals surface area contributed by atoms with Crippen LogP contribution >= 0.6 is 34.8 Å². The van der Waals surface area contributed by atoms with Gasteiger partial charge in [-0.1, -0.05) is 34.8 Å². The molecule has 0 aliphatic heterocycles. The summed E-state index contributed by atoms with van der Waals surface area (Å²) in [5.74, 6) is 0. The Hall–Kier alpha value is -1.49. The fraction of sp³-hybridized carbons (Fsp3) is 0.143. The Labute approximate surface area is 136 Å². The van der Waals surface area contributed by atoms with Gasteiger partial charge in [-0.05, 0) is 36.8 Å². The summed E-state index contributed by atoms with van der Waals surface area (Å²) in [4.78, 5) is 10.3. The van der Waals surface area contributed by atoms with E-state index in [1.54, 1.807) is 18.2 Å². The molecule has 2 aromatic rings. The van der Waals surface area contributed by atoms with Crippen LogP contribution in [0.1, 0.15) is 18.5 Å². The maximum Gasteiger partial charge on any atom is 0.271 e. The molecule has 1 unspecified atom stereocenters. The van der Waals surface area contributed by atoms with Crippen molar-refractivity contribution in [1.29, 1.82) is 0 Å². The molecule has 21 heavy (non-hydrogen) atoms. The molecule has 0 heterocycles. The molecule has 1 N–H and O–H groups in total. The molecule has 0 amide bonds. The van der Waals surface area contributed by atoms with Gasteiger partial charge < -0.3 is 5.32 Å². The van der Waals surface area contributed by atoms with Gasteiger partial charge >= 0.3 is 0 Å². The smallest absolute Gasteiger partial charge is 0.271 e. The van der Waals surface area contributed by atoms with Crippen LogP contribution in [-0.2, 0) is 0 Å². The van der Waals surface area contributed by atoms with Crippen LogP contribution in [0.4, 0.5) is 11.4 Å². The molecule has 7 heteroatoms. The molecule has 0 radical (unpaired) electrons. The minimum atomic E-state index is -0.474. The molecular formula is C14H11Cl3N2O2. The fourth-order valence-electron chi connectivity index (χ4n) is 1.89. The van der Waals surface area contributed by atoms with Crippen LogP contribution < -0.4 is 5.32 Å². The Balaban J connectivity index is 2.31. The minimum Gasteiger partial charge on any atom is -0.377 e. The van der Waals surface area contributed by atoms with Crippen molar-refractivity contribution in [3.63, 3.8) is 0 Å². The number of nitrogens with one attached hydrogen (secondary N) is 1. The lowest BCUT2D eigenvalue weighted by Gasteiger charge is -2.18. The molecule has 4 nitrogen and oxygen atoms in total. The summed E-state index contributed by atoms with van der Waals surface area (Å²) in [7, 11) is 0. The van der Waals surface area contributed by atoms with Gasteiger partial charge in [0.25, 0.3) is 5.69 Å². The number of hydrogen-bond acceptors (Lipinski definition) is 3. The summed E-state index contributed by atoms with van der Waals surface area (Å²) in [5.41, 5.74) is 1.22. The van der Waals surface area contributed by atoms with Gasteiger partial charge in [-0.3, -0.25) is 10.1 Å². The topological polar surface area (TPSA) is 55.2 Å². The number of non-ortho nitro benzene ring substituents is 1. The predicted octanol–water partition coefficient (Wildman–Crippen LogP) is 5.73. The molecule has 2 rings (SSSR count). The number of halogens is 3. The maximum atomic E-state index is 10.8. The van der Waals surface area contributed by atoms with Crippen molar-refractivity contribution in [1.82, 2.24) is 0 Å². The predicted molar refractivity (Wildman–Crippen MR) is 86.6 cm³/mol. The molecule has 1 atom stereocenters. The quantitative estimate of drug-likeness (QED) is 0.569. The molecule has 0 saturated carbocycles. The van der Waals surface area contributed by atoms with Gasteiger partial charge in [0.2, 0.25) is 0 Å². The van der Waals surface area contributed by atoms with Gasteiger partial charge in [0, 0.05) is 22.2 Å². The van der Waals surface area contributed by atoms with E-state index < -0.39 is 4.92 Å². The Morgan fingerprint density at radius 3 is 2.43 bits per heavy atom. The normalized spacial score (nSPS) is 12.0. The van der Waals surface area contributed by atoms with Crippen LogP contribution in [0.5, 0.6) is 0 Å². The number of rotatable bonds is 4. The zero-order valence-corrected chi connectivity index (χ0v) is 13.2. The Morgan fingerprint density at radius 2 is 1.76 bits per heavy atom. The van der Waals surface area contributed by atoms with E-state index in [0.717, 1.165) is 5.56 Å². The van der Waals surface area contributed by atoms with Crippen LogP contribution in [0.3, 0.4) is 0 Å². The van der Waals surface area contributed by atoms with Crippen LogP contribution in [0, 0.1) is 10.1 Å². The molecule has 0 fully saturated rings. The first-order valence-corrected chi connectivity index (χ1v) is 7.17. The van der Waals surface area contributed by atoms with E-state index in [-0.39, 0.29) is 11.7 Å². The minimum absolute atomic E-state index is 0.0358. The van der Waals surface area contributed by atoms with E-state index >= 15 is 0 Å². The van der Waals surface area contributed by atoms with Crippen LogP contribution in [0.2, 0.25) is 15.1 Å². The monoisotopic (exact) mass is 344 g/mol. The summed E-state index contributed by atoms with van der Waals surface area (Å²) in [5, 5.41) is 15.4. The highest BCUT2D eigenvalue weighted by Gasteiger charge is 2.14. The second-order valence-corrected chi connectivity index (χ2v) is 5.70. The highest BCUT2D eigenvalue weighted by atomic mass is 35.5. The molecule has 0 saturated heterocycles. The lowest BCUT2D eigenvalue weighted by molar-refractivity contribution is -0.384. The third-order valence-electron chi connectivity index (χ3n) is 2.96. The van der Waals surface area contributed by atoms with Crippen LogP contribution in [-0.4, -0.2) is 4.92 Å². The number of nitro groups is 1. The Kier molecular flexibility index (Phi) is 4.93. The van der Waals surface area contributed by atoms with Gasteiger partial charge in [0.15, 0.2) is 0 Å². The number of nitro benzene ring substituents is 1. The molecule has 2 aromatic carbocycles. The average Bonchev–Trinajstić information content (AvgIpc) is 2.43. The first-order valence-electron chi connectivity index (χ1n) is 6.04. The highest BCUT2D eigenvalue weighted by Crippen LogP contribution is 2.32. The number of hydrogen-bond donors (Lipinski definition) is 1. The summed E-state index contributed by atoms with van der Waals surface area (Å²) in [6.07, 6.45) is 0. The largest absolute Gasteiger partial charge is 0.377 e. The molecule has 0 aliphatic rings. The van der Waals surface area contributed by atoms with Crippen molar-refractivity contribution in [3.8, 4) is 0 Å². The molecule has 0 spiro atoms. The molecule has 0 aromatic heterocycles. The van der Waals surface area contributed by atoms with E-state index in [2.05, 4.69) is 5.32 Å². The molecule has 0 bridgehead atoms. The van der Waals surface area contributed by atoms with Crippen molar-refractivity contribution in [2.45, 2.75) is 13.0 Å². The standard InChI is InChI=1S/C14H11Cl3N2O2/c1-8(11-6-9(15)2-4-12(11)16)18-14-7-10(19(20)21)3-5-13(14)17/h2-8,18H,1H3. The van der Waals surface area contributed by atoms with E-state index in [1.807, 2.05) is 6.92 Å².